The van der Waals surface area contributed by atoms with Gasteiger partial charge in [0.25, 0.3) is 5.69 Å². The summed E-state index contributed by atoms with van der Waals surface area (Å²) in [4.78, 5) is 20.4. The van der Waals surface area contributed by atoms with Crippen molar-refractivity contribution in [3.05, 3.63) is 33.3 Å². The molecular formula is C10H11ClN2O5. The molecule has 0 saturated heterocycles. The number of halogens is 1. The van der Waals surface area contributed by atoms with Crippen LogP contribution in [0.5, 0.6) is 0 Å². The first-order chi connectivity index (χ1) is 8.50. The van der Waals surface area contributed by atoms with Gasteiger partial charge >= 0.3 is 5.97 Å². The van der Waals surface area contributed by atoms with Crippen LogP contribution in [-0.4, -0.2) is 35.8 Å². The summed E-state index contributed by atoms with van der Waals surface area (Å²) in [6.45, 7) is -0.0379. The molecule has 0 radical (unpaired) electrons. The molecule has 0 saturated carbocycles. The zero-order valence-electron chi connectivity index (χ0n) is 9.26. The highest BCUT2D eigenvalue weighted by Gasteiger charge is 2.13. The molecule has 0 aliphatic carbocycles. The number of ether oxygens (including phenoxy) is 1. The van der Waals surface area contributed by atoms with Crippen molar-refractivity contribution in [3.8, 4) is 0 Å². The average molecular weight is 275 g/mol. The van der Waals surface area contributed by atoms with E-state index in [1.165, 1.54) is 18.2 Å². The molecule has 0 heterocycles. The fraction of sp³-hybridized carbons (Fsp3) is 0.300. The van der Waals surface area contributed by atoms with Crippen molar-refractivity contribution in [1.29, 1.82) is 0 Å². The average Bonchev–Trinajstić information content (AvgIpc) is 2.27. The summed E-state index contributed by atoms with van der Waals surface area (Å²) >= 11 is 5.73. The highest BCUT2D eigenvalue weighted by atomic mass is 35.5. The molecule has 0 aliphatic rings. The molecule has 0 amide bonds. The number of carbonyl (C=O) groups is 1. The summed E-state index contributed by atoms with van der Waals surface area (Å²) in [6.07, 6.45) is 0. The molecule has 1 aromatic rings. The lowest BCUT2D eigenvalue weighted by atomic mass is 10.2. The fourth-order valence-corrected chi connectivity index (χ4v) is 1.40. The number of carboxylic acids is 1. The van der Waals surface area contributed by atoms with Gasteiger partial charge < -0.3 is 15.2 Å². The quantitative estimate of drug-likeness (QED) is 0.446. The minimum absolute atomic E-state index is 0.0994. The van der Waals surface area contributed by atoms with Gasteiger partial charge in [-0.15, -0.1) is 0 Å². The lowest BCUT2D eigenvalue weighted by Gasteiger charge is -2.07. The number of rotatable bonds is 7. The summed E-state index contributed by atoms with van der Waals surface area (Å²) < 4.78 is 4.78. The molecule has 0 fully saturated rings. The van der Waals surface area contributed by atoms with Gasteiger partial charge in [0.1, 0.15) is 12.3 Å². The second kappa shape index (κ2) is 6.77. The van der Waals surface area contributed by atoms with Crippen LogP contribution in [0.2, 0.25) is 5.02 Å². The zero-order chi connectivity index (χ0) is 13.5. The van der Waals surface area contributed by atoms with E-state index in [4.69, 9.17) is 21.4 Å². The van der Waals surface area contributed by atoms with Gasteiger partial charge in [0.15, 0.2) is 0 Å². The second-order valence-electron chi connectivity index (χ2n) is 3.29. The minimum atomic E-state index is -1.07. The first-order valence-electron chi connectivity index (χ1n) is 4.98. The predicted octanol–water partition coefficient (Wildman–Crippen LogP) is 1.76. The van der Waals surface area contributed by atoms with Crippen LogP contribution in [0.4, 0.5) is 11.4 Å². The maximum atomic E-state index is 10.7. The molecule has 0 spiro atoms. The summed E-state index contributed by atoms with van der Waals surface area (Å²) in [7, 11) is 0. The smallest absolute Gasteiger partial charge is 0.329 e. The number of nitrogens with zero attached hydrogens (tertiary/aromatic N) is 1. The van der Waals surface area contributed by atoms with Gasteiger partial charge in [0.2, 0.25) is 0 Å². The number of anilines is 1. The van der Waals surface area contributed by atoms with Crippen molar-refractivity contribution in [3.63, 3.8) is 0 Å². The second-order valence-corrected chi connectivity index (χ2v) is 3.73. The van der Waals surface area contributed by atoms with E-state index in [1.807, 2.05) is 0 Å². The minimum Gasteiger partial charge on any atom is -0.480 e. The van der Waals surface area contributed by atoms with E-state index in [2.05, 4.69) is 5.32 Å². The molecule has 0 aliphatic heterocycles. The van der Waals surface area contributed by atoms with Gasteiger partial charge in [0, 0.05) is 17.6 Å². The number of nitrogens with one attached hydrogen (secondary N) is 1. The van der Waals surface area contributed by atoms with E-state index in [-0.39, 0.29) is 24.5 Å². The molecule has 0 unspecified atom stereocenters. The maximum Gasteiger partial charge on any atom is 0.329 e. The van der Waals surface area contributed by atoms with E-state index in [0.717, 1.165) is 0 Å². The maximum absolute atomic E-state index is 10.7. The highest BCUT2D eigenvalue weighted by molar-refractivity contribution is 6.31. The Morgan fingerprint density at radius 2 is 2.28 bits per heavy atom. The number of carboxylic acid groups (broad SMARTS) is 1. The van der Waals surface area contributed by atoms with Crippen LogP contribution in [0.25, 0.3) is 0 Å². The number of aliphatic carboxylic acids is 1. The monoisotopic (exact) mass is 274 g/mol. The number of hydrogen-bond donors (Lipinski definition) is 2. The van der Waals surface area contributed by atoms with Crippen molar-refractivity contribution in [1.82, 2.24) is 0 Å². The molecule has 0 bridgehead atoms. The molecule has 7 nitrogen and oxygen atoms in total. The van der Waals surface area contributed by atoms with E-state index >= 15 is 0 Å². The van der Waals surface area contributed by atoms with Crippen molar-refractivity contribution in [2.45, 2.75) is 0 Å². The summed E-state index contributed by atoms with van der Waals surface area (Å²) in [5.74, 6) is -1.07. The van der Waals surface area contributed by atoms with Crippen molar-refractivity contribution in [2.75, 3.05) is 25.1 Å². The first-order valence-corrected chi connectivity index (χ1v) is 5.36. The standard InChI is InChI=1S/C10H11ClN2O5/c11-7-1-2-9(13(16)17)8(5-7)12-3-4-18-6-10(14)15/h1-2,5,12H,3-4,6H2,(H,14,15). The Bertz CT molecular complexity index is 452. The van der Waals surface area contributed by atoms with E-state index in [1.54, 1.807) is 0 Å². The van der Waals surface area contributed by atoms with Crippen LogP contribution >= 0.6 is 11.6 Å². The van der Waals surface area contributed by atoms with Gasteiger partial charge in [-0.2, -0.15) is 0 Å². The Balaban J connectivity index is 2.53. The Morgan fingerprint density at radius 3 is 2.89 bits per heavy atom. The SMILES string of the molecule is O=C(O)COCCNc1cc(Cl)ccc1[N+](=O)[O-]. The Kier molecular flexibility index (Phi) is 5.34. The van der Waals surface area contributed by atoms with Gasteiger partial charge in [-0.05, 0) is 12.1 Å². The van der Waals surface area contributed by atoms with Crippen LogP contribution in [0.15, 0.2) is 18.2 Å². The topological polar surface area (TPSA) is 102 Å². The zero-order valence-corrected chi connectivity index (χ0v) is 10.0. The Labute approximate surface area is 107 Å². The van der Waals surface area contributed by atoms with Crippen molar-refractivity contribution >= 4 is 28.9 Å². The van der Waals surface area contributed by atoms with Gasteiger partial charge in [0.05, 0.1) is 11.5 Å². The number of nitro groups is 1. The summed E-state index contributed by atoms with van der Waals surface area (Å²) in [5.41, 5.74) is 0.170. The molecule has 8 heteroatoms. The number of hydrogen-bond acceptors (Lipinski definition) is 5. The number of nitro benzene ring substituents is 1. The first kappa shape index (κ1) is 14.2. The van der Waals surface area contributed by atoms with Gasteiger partial charge in [-0.1, -0.05) is 11.6 Å². The summed E-state index contributed by atoms with van der Waals surface area (Å²) in [6, 6.07) is 4.14. The molecular weight excluding hydrogens is 264 g/mol. The Hall–Kier alpha value is -1.86. The molecule has 1 aromatic carbocycles. The van der Waals surface area contributed by atoms with E-state index in [0.29, 0.717) is 5.02 Å². The normalized spacial score (nSPS) is 10.1. The van der Waals surface area contributed by atoms with Crippen LogP contribution in [0.3, 0.4) is 0 Å². The van der Waals surface area contributed by atoms with Gasteiger partial charge in [-0.25, -0.2) is 4.79 Å². The molecule has 1 rings (SSSR count). The largest absolute Gasteiger partial charge is 0.480 e. The number of benzene rings is 1. The lowest BCUT2D eigenvalue weighted by molar-refractivity contribution is -0.384. The Morgan fingerprint density at radius 1 is 1.56 bits per heavy atom. The third-order valence-electron chi connectivity index (χ3n) is 1.94. The van der Waals surface area contributed by atoms with Gasteiger partial charge in [-0.3, -0.25) is 10.1 Å². The van der Waals surface area contributed by atoms with Crippen molar-refractivity contribution < 1.29 is 19.6 Å². The van der Waals surface area contributed by atoms with Crippen molar-refractivity contribution in [2.24, 2.45) is 0 Å². The lowest BCUT2D eigenvalue weighted by Crippen LogP contribution is -2.14. The summed E-state index contributed by atoms with van der Waals surface area (Å²) in [5, 5.41) is 22.2. The molecule has 18 heavy (non-hydrogen) atoms. The fourth-order valence-electron chi connectivity index (χ4n) is 1.23. The van der Waals surface area contributed by atoms with Crippen LogP contribution in [-0.2, 0) is 9.53 Å². The molecule has 2 N–H and O–H groups in total. The van der Waals surface area contributed by atoms with Crippen LogP contribution in [0, 0.1) is 10.1 Å². The third-order valence-corrected chi connectivity index (χ3v) is 2.18. The molecule has 98 valence electrons. The van der Waals surface area contributed by atoms with E-state index < -0.39 is 17.5 Å². The highest BCUT2D eigenvalue weighted by Crippen LogP contribution is 2.27. The van der Waals surface area contributed by atoms with Crippen LogP contribution in [0.1, 0.15) is 0 Å². The van der Waals surface area contributed by atoms with E-state index in [9.17, 15) is 14.9 Å². The van der Waals surface area contributed by atoms with Crippen LogP contribution < -0.4 is 5.32 Å². The molecule has 0 aromatic heterocycles. The molecule has 0 atom stereocenters. The predicted molar refractivity (Wildman–Crippen MR) is 65.1 cm³/mol. The third kappa shape index (κ3) is 4.56.